The van der Waals surface area contributed by atoms with Crippen molar-refractivity contribution in [2.75, 3.05) is 39.3 Å². The summed E-state index contributed by atoms with van der Waals surface area (Å²) in [6, 6.07) is 2.40. The molecular formula is C22H45N3. The number of rotatable bonds is 5. The van der Waals surface area contributed by atoms with Crippen LogP contribution in [0.15, 0.2) is 0 Å². The molecule has 0 aromatic rings. The lowest BCUT2D eigenvalue weighted by molar-refractivity contribution is -0.00203. The predicted molar refractivity (Wildman–Crippen MR) is 110 cm³/mol. The van der Waals surface area contributed by atoms with E-state index in [0.717, 1.165) is 30.0 Å². The second-order valence-electron chi connectivity index (χ2n) is 8.81. The molecule has 3 heteroatoms. The van der Waals surface area contributed by atoms with Crippen LogP contribution in [0.5, 0.6) is 0 Å². The van der Waals surface area contributed by atoms with Crippen LogP contribution in [-0.2, 0) is 0 Å². The molecule has 3 rings (SSSR count). The van der Waals surface area contributed by atoms with Crippen molar-refractivity contribution >= 4 is 0 Å². The lowest BCUT2D eigenvalue weighted by Crippen LogP contribution is -2.58. The summed E-state index contributed by atoms with van der Waals surface area (Å²) in [6.45, 7) is 21.4. The van der Waals surface area contributed by atoms with E-state index in [0.29, 0.717) is 0 Å². The summed E-state index contributed by atoms with van der Waals surface area (Å²) in [5, 5.41) is 0. The van der Waals surface area contributed by atoms with Gasteiger partial charge in [-0.15, -0.1) is 0 Å². The normalized spacial score (nSPS) is 33.0. The molecule has 2 saturated heterocycles. The molecule has 3 nitrogen and oxygen atoms in total. The van der Waals surface area contributed by atoms with Crippen LogP contribution < -0.4 is 0 Å². The van der Waals surface area contributed by atoms with Gasteiger partial charge in [0.15, 0.2) is 0 Å². The van der Waals surface area contributed by atoms with Crippen molar-refractivity contribution in [3.63, 3.8) is 0 Å². The molecule has 1 aliphatic carbocycles. The molecule has 0 aromatic heterocycles. The number of piperidine rings is 1. The van der Waals surface area contributed by atoms with E-state index in [1.165, 1.54) is 71.4 Å². The van der Waals surface area contributed by atoms with Crippen molar-refractivity contribution in [2.45, 2.75) is 91.8 Å². The third-order valence-electron chi connectivity index (χ3n) is 6.97. The van der Waals surface area contributed by atoms with Gasteiger partial charge in [0.1, 0.15) is 0 Å². The van der Waals surface area contributed by atoms with Gasteiger partial charge < -0.3 is 4.90 Å². The second kappa shape index (κ2) is 10.3. The molecule has 2 aliphatic heterocycles. The molecule has 0 spiro atoms. The second-order valence-corrected chi connectivity index (χ2v) is 8.81. The Morgan fingerprint density at radius 3 is 2.08 bits per heavy atom. The molecule has 25 heavy (non-hydrogen) atoms. The Bertz CT molecular complexity index is 356. The van der Waals surface area contributed by atoms with Gasteiger partial charge in [0, 0.05) is 44.3 Å². The third-order valence-corrected chi connectivity index (χ3v) is 6.97. The number of piperazine rings is 1. The van der Waals surface area contributed by atoms with Gasteiger partial charge in [-0.05, 0) is 71.4 Å². The summed E-state index contributed by atoms with van der Waals surface area (Å²) < 4.78 is 0. The maximum atomic E-state index is 2.80. The van der Waals surface area contributed by atoms with Crippen LogP contribution in [0.3, 0.4) is 0 Å². The van der Waals surface area contributed by atoms with E-state index in [1.807, 2.05) is 13.8 Å². The van der Waals surface area contributed by atoms with Gasteiger partial charge in [-0.1, -0.05) is 27.2 Å². The van der Waals surface area contributed by atoms with Crippen LogP contribution in [0.1, 0.15) is 73.6 Å². The van der Waals surface area contributed by atoms with E-state index in [1.54, 1.807) is 0 Å². The van der Waals surface area contributed by atoms with E-state index < -0.39 is 0 Å². The van der Waals surface area contributed by atoms with Gasteiger partial charge in [0.2, 0.25) is 0 Å². The van der Waals surface area contributed by atoms with Crippen LogP contribution in [0.4, 0.5) is 0 Å². The first-order chi connectivity index (χ1) is 12.1. The highest BCUT2D eigenvalue weighted by atomic mass is 15.3. The molecule has 0 N–H and O–H groups in total. The van der Waals surface area contributed by atoms with Crippen molar-refractivity contribution in [1.29, 1.82) is 0 Å². The highest BCUT2D eigenvalue weighted by Gasteiger charge is 2.36. The lowest BCUT2D eigenvalue weighted by atomic mass is 9.77. The predicted octanol–water partition coefficient (Wildman–Crippen LogP) is 4.33. The van der Waals surface area contributed by atoms with E-state index in [2.05, 4.69) is 42.4 Å². The van der Waals surface area contributed by atoms with Crippen molar-refractivity contribution in [1.82, 2.24) is 14.7 Å². The largest absolute Gasteiger partial charge is 0.301 e. The van der Waals surface area contributed by atoms with Gasteiger partial charge in [-0.2, -0.15) is 0 Å². The lowest BCUT2D eigenvalue weighted by Gasteiger charge is -2.49. The molecule has 0 amide bonds. The standard InChI is InChI=1S/C20H39N3.C2H6/c1-5-18-12-20(13-18)23-11-10-22(17(4)14-23)15-19-6-8-21(9-7-19)16(2)3;1-2/h16-20H,5-15H2,1-4H3;1-2H3. The van der Waals surface area contributed by atoms with Crippen LogP contribution in [-0.4, -0.2) is 72.1 Å². The van der Waals surface area contributed by atoms with Crippen molar-refractivity contribution in [2.24, 2.45) is 11.8 Å². The van der Waals surface area contributed by atoms with Gasteiger partial charge in [0.25, 0.3) is 0 Å². The number of nitrogens with zero attached hydrogens (tertiary/aromatic N) is 3. The molecule has 148 valence electrons. The van der Waals surface area contributed by atoms with Gasteiger partial charge in [-0.3, -0.25) is 9.80 Å². The third kappa shape index (κ3) is 5.68. The van der Waals surface area contributed by atoms with Crippen molar-refractivity contribution < 1.29 is 0 Å². The van der Waals surface area contributed by atoms with Gasteiger partial charge in [-0.25, -0.2) is 0 Å². The van der Waals surface area contributed by atoms with E-state index >= 15 is 0 Å². The smallest absolute Gasteiger partial charge is 0.0195 e. The first kappa shape index (κ1) is 21.2. The Hall–Kier alpha value is -0.120. The van der Waals surface area contributed by atoms with Crippen LogP contribution >= 0.6 is 0 Å². The number of likely N-dealkylation sites (tertiary alicyclic amines) is 1. The molecule has 2 heterocycles. The molecule has 3 aliphatic rings. The summed E-state index contributed by atoms with van der Waals surface area (Å²) in [4.78, 5) is 8.25. The fourth-order valence-electron chi connectivity index (χ4n) is 4.94. The summed E-state index contributed by atoms with van der Waals surface area (Å²) in [7, 11) is 0. The zero-order chi connectivity index (χ0) is 18.4. The first-order valence-electron chi connectivity index (χ1n) is 11.3. The highest BCUT2D eigenvalue weighted by Crippen LogP contribution is 2.35. The Labute approximate surface area is 158 Å². The quantitative estimate of drug-likeness (QED) is 0.730. The summed E-state index contributed by atoms with van der Waals surface area (Å²) in [5.74, 6) is 1.96. The summed E-state index contributed by atoms with van der Waals surface area (Å²) in [5.41, 5.74) is 0. The number of hydrogen-bond acceptors (Lipinski definition) is 3. The van der Waals surface area contributed by atoms with Crippen LogP contribution in [0.2, 0.25) is 0 Å². The Morgan fingerprint density at radius 1 is 0.920 bits per heavy atom. The SMILES string of the molecule is CC.CCC1CC(N2CCN(CC3CCN(C(C)C)CC3)C(C)C2)C1. The molecule has 0 radical (unpaired) electrons. The zero-order valence-electron chi connectivity index (χ0n) is 18.0. The monoisotopic (exact) mass is 351 g/mol. The fraction of sp³-hybridized carbons (Fsp3) is 1.00. The molecule has 3 fully saturated rings. The van der Waals surface area contributed by atoms with E-state index in [9.17, 15) is 0 Å². The Balaban J connectivity index is 0.00000109. The first-order valence-corrected chi connectivity index (χ1v) is 11.3. The molecular weight excluding hydrogens is 306 g/mol. The Morgan fingerprint density at radius 2 is 1.56 bits per heavy atom. The summed E-state index contributed by atoms with van der Waals surface area (Å²) in [6.07, 6.45) is 7.15. The van der Waals surface area contributed by atoms with E-state index in [4.69, 9.17) is 0 Å². The minimum Gasteiger partial charge on any atom is -0.301 e. The molecule has 1 saturated carbocycles. The summed E-state index contributed by atoms with van der Waals surface area (Å²) >= 11 is 0. The zero-order valence-corrected chi connectivity index (χ0v) is 18.0. The Kier molecular flexibility index (Phi) is 8.71. The fourth-order valence-corrected chi connectivity index (χ4v) is 4.94. The minimum absolute atomic E-state index is 0.729. The van der Waals surface area contributed by atoms with Gasteiger partial charge >= 0.3 is 0 Å². The molecule has 1 atom stereocenters. The average molecular weight is 352 g/mol. The van der Waals surface area contributed by atoms with Crippen LogP contribution in [0.25, 0.3) is 0 Å². The van der Waals surface area contributed by atoms with E-state index in [-0.39, 0.29) is 0 Å². The minimum atomic E-state index is 0.729. The van der Waals surface area contributed by atoms with Crippen LogP contribution in [0, 0.1) is 11.8 Å². The topological polar surface area (TPSA) is 9.72 Å². The molecule has 0 bridgehead atoms. The maximum absolute atomic E-state index is 2.80. The molecule has 0 aromatic carbocycles. The molecule has 1 unspecified atom stereocenters. The van der Waals surface area contributed by atoms with Gasteiger partial charge in [0.05, 0.1) is 0 Å². The number of hydrogen-bond donors (Lipinski definition) is 0. The highest BCUT2D eigenvalue weighted by molar-refractivity contribution is 4.91. The van der Waals surface area contributed by atoms with Crippen molar-refractivity contribution in [3.05, 3.63) is 0 Å². The average Bonchev–Trinajstić information content (AvgIpc) is 2.58. The van der Waals surface area contributed by atoms with Crippen molar-refractivity contribution in [3.8, 4) is 0 Å². The maximum Gasteiger partial charge on any atom is 0.0195 e.